The van der Waals surface area contributed by atoms with Crippen molar-refractivity contribution in [1.82, 2.24) is 9.97 Å². The van der Waals surface area contributed by atoms with Crippen LogP contribution in [0, 0.1) is 13.8 Å². The van der Waals surface area contributed by atoms with Crippen LogP contribution in [0.15, 0.2) is 15.6 Å². The highest BCUT2D eigenvalue weighted by atomic mass is 32.1. The van der Waals surface area contributed by atoms with E-state index < -0.39 is 0 Å². The molecule has 2 rings (SSSR count). The maximum Gasteiger partial charge on any atom is 0.256 e. The molecule has 15 heavy (non-hydrogen) atoms. The predicted octanol–water partition coefficient (Wildman–Crippen LogP) is 1.70. The fourth-order valence-electron chi connectivity index (χ4n) is 1.28. The lowest BCUT2D eigenvalue weighted by molar-refractivity contribution is 1.09. The van der Waals surface area contributed by atoms with Crippen molar-refractivity contribution >= 4 is 17.2 Å². The summed E-state index contributed by atoms with van der Waals surface area (Å²) in [6, 6.07) is 0. The normalized spacial score (nSPS) is 10.5. The summed E-state index contributed by atoms with van der Waals surface area (Å²) >= 11 is 1.57. The summed E-state index contributed by atoms with van der Waals surface area (Å²) in [6.45, 7) is 3.63. The van der Waals surface area contributed by atoms with Gasteiger partial charge in [0.05, 0.1) is 5.56 Å². The zero-order valence-electron chi connectivity index (χ0n) is 8.50. The van der Waals surface area contributed by atoms with Crippen molar-refractivity contribution in [3.05, 3.63) is 32.2 Å². The second-order valence-electron chi connectivity index (χ2n) is 3.39. The fraction of sp³-hybridized carbons (Fsp3) is 0.200. The third-order valence-corrected chi connectivity index (χ3v) is 3.16. The Hall–Kier alpha value is -1.62. The Morgan fingerprint density at radius 2 is 2.13 bits per heavy atom. The van der Waals surface area contributed by atoms with Crippen molar-refractivity contribution in [3.8, 4) is 11.4 Å². The molecule has 78 valence electrons. The molecule has 2 aromatic rings. The van der Waals surface area contributed by atoms with Crippen LogP contribution in [0.2, 0.25) is 0 Å². The van der Waals surface area contributed by atoms with Gasteiger partial charge in [0.1, 0.15) is 11.6 Å². The molecule has 0 unspecified atom stereocenters. The molecule has 0 aliphatic carbocycles. The zero-order chi connectivity index (χ0) is 11.0. The number of H-pyrrole nitrogens is 1. The van der Waals surface area contributed by atoms with E-state index in [1.165, 1.54) is 0 Å². The van der Waals surface area contributed by atoms with Gasteiger partial charge in [-0.15, -0.1) is 0 Å². The smallest absolute Gasteiger partial charge is 0.256 e. The van der Waals surface area contributed by atoms with Crippen molar-refractivity contribution < 1.29 is 0 Å². The molecular weight excluding hydrogens is 210 g/mol. The van der Waals surface area contributed by atoms with E-state index >= 15 is 0 Å². The first-order valence-electron chi connectivity index (χ1n) is 4.49. The number of thiophene rings is 1. The quantitative estimate of drug-likeness (QED) is 0.769. The number of aromatic nitrogens is 2. The first-order valence-corrected chi connectivity index (χ1v) is 5.43. The van der Waals surface area contributed by atoms with Crippen LogP contribution >= 0.6 is 11.3 Å². The second-order valence-corrected chi connectivity index (χ2v) is 4.14. The molecule has 0 fully saturated rings. The molecule has 0 radical (unpaired) electrons. The molecule has 0 amide bonds. The Balaban J connectivity index is 2.66. The highest BCUT2D eigenvalue weighted by Gasteiger charge is 2.08. The van der Waals surface area contributed by atoms with E-state index in [9.17, 15) is 4.79 Å². The van der Waals surface area contributed by atoms with Crippen molar-refractivity contribution in [3.63, 3.8) is 0 Å². The number of nitrogens with zero attached hydrogens (tertiary/aromatic N) is 1. The van der Waals surface area contributed by atoms with Gasteiger partial charge in [0, 0.05) is 10.9 Å². The van der Waals surface area contributed by atoms with Crippen molar-refractivity contribution in [2.75, 3.05) is 5.73 Å². The summed E-state index contributed by atoms with van der Waals surface area (Å²) in [5, 5.41) is 3.95. The number of nitrogens with two attached hydrogens (primary N) is 1. The summed E-state index contributed by atoms with van der Waals surface area (Å²) in [5.41, 5.74) is 7.96. The first kappa shape index (κ1) is 9.92. The number of hydrogen-bond donors (Lipinski definition) is 2. The fourth-order valence-corrected chi connectivity index (χ4v) is 2.11. The van der Waals surface area contributed by atoms with Crippen LogP contribution in [0.5, 0.6) is 0 Å². The van der Waals surface area contributed by atoms with Crippen molar-refractivity contribution in [1.29, 1.82) is 0 Å². The molecule has 2 aromatic heterocycles. The molecular formula is C10H11N3OS. The standard InChI is InChI=1S/C10H11N3OS/c1-5-3-15-4-7(5)9-12-8(11)6(2)10(14)13-9/h3-4H,1-2H3,(H3,11,12,13,14). The number of nitrogen functional groups attached to an aromatic ring is 1. The molecule has 0 bridgehead atoms. The van der Waals surface area contributed by atoms with Crippen LogP contribution in [0.4, 0.5) is 5.82 Å². The Morgan fingerprint density at radius 3 is 2.67 bits per heavy atom. The maximum absolute atomic E-state index is 11.5. The highest BCUT2D eigenvalue weighted by molar-refractivity contribution is 7.08. The molecule has 4 nitrogen and oxygen atoms in total. The average molecular weight is 221 g/mol. The number of aromatic amines is 1. The molecule has 0 atom stereocenters. The molecule has 5 heteroatoms. The monoisotopic (exact) mass is 221 g/mol. The van der Waals surface area contributed by atoms with Crippen LogP contribution in [0.3, 0.4) is 0 Å². The summed E-state index contributed by atoms with van der Waals surface area (Å²) in [6.07, 6.45) is 0. The minimum atomic E-state index is -0.178. The molecule has 2 heterocycles. The van der Waals surface area contributed by atoms with Crippen LogP contribution in [-0.4, -0.2) is 9.97 Å². The van der Waals surface area contributed by atoms with Gasteiger partial charge in [-0.05, 0) is 24.8 Å². The summed E-state index contributed by atoms with van der Waals surface area (Å²) in [7, 11) is 0. The van der Waals surface area contributed by atoms with E-state index in [1.807, 2.05) is 17.7 Å². The van der Waals surface area contributed by atoms with Gasteiger partial charge in [-0.1, -0.05) is 0 Å². The van der Waals surface area contributed by atoms with Crippen molar-refractivity contribution in [2.24, 2.45) is 0 Å². The lowest BCUT2D eigenvalue weighted by atomic mass is 10.2. The Bertz CT molecular complexity index is 556. The average Bonchev–Trinajstić information content (AvgIpc) is 2.60. The number of aryl methyl sites for hydroxylation is 1. The number of nitrogens with one attached hydrogen (secondary N) is 1. The number of hydrogen-bond acceptors (Lipinski definition) is 4. The van der Waals surface area contributed by atoms with E-state index in [0.717, 1.165) is 11.1 Å². The molecule has 0 saturated heterocycles. The van der Waals surface area contributed by atoms with Gasteiger partial charge in [0.25, 0.3) is 5.56 Å². The lowest BCUT2D eigenvalue weighted by Gasteiger charge is -2.02. The Labute approximate surface area is 90.8 Å². The lowest BCUT2D eigenvalue weighted by Crippen LogP contribution is -2.15. The molecule has 0 aromatic carbocycles. The van der Waals surface area contributed by atoms with Gasteiger partial charge in [0.2, 0.25) is 0 Å². The molecule has 3 N–H and O–H groups in total. The second kappa shape index (κ2) is 3.51. The van der Waals surface area contributed by atoms with Gasteiger partial charge >= 0.3 is 0 Å². The maximum atomic E-state index is 11.5. The minimum Gasteiger partial charge on any atom is -0.383 e. The predicted molar refractivity (Wildman–Crippen MR) is 62.1 cm³/mol. The van der Waals surface area contributed by atoms with Gasteiger partial charge in [-0.3, -0.25) is 4.79 Å². The van der Waals surface area contributed by atoms with E-state index in [-0.39, 0.29) is 5.56 Å². The van der Waals surface area contributed by atoms with Gasteiger partial charge < -0.3 is 10.7 Å². The Morgan fingerprint density at radius 1 is 1.40 bits per heavy atom. The summed E-state index contributed by atoms with van der Waals surface area (Å²) in [4.78, 5) is 18.4. The third kappa shape index (κ3) is 1.66. The van der Waals surface area contributed by atoms with Crippen LogP contribution in [-0.2, 0) is 0 Å². The number of rotatable bonds is 1. The zero-order valence-corrected chi connectivity index (χ0v) is 9.31. The topological polar surface area (TPSA) is 71.8 Å². The highest BCUT2D eigenvalue weighted by Crippen LogP contribution is 2.23. The molecule has 0 aliphatic heterocycles. The minimum absolute atomic E-state index is 0.178. The number of anilines is 1. The molecule has 0 spiro atoms. The van der Waals surface area contributed by atoms with E-state index in [0.29, 0.717) is 17.2 Å². The third-order valence-electron chi connectivity index (χ3n) is 2.30. The van der Waals surface area contributed by atoms with Crippen LogP contribution in [0.25, 0.3) is 11.4 Å². The summed E-state index contributed by atoms with van der Waals surface area (Å²) in [5.74, 6) is 0.834. The van der Waals surface area contributed by atoms with Gasteiger partial charge in [-0.25, -0.2) is 4.98 Å². The Kier molecular flexibility index (Phi) is 2.32. The van der Waals surface area contributed by atoms with Gasteiger partial charge in [0.15, 0.2) is 0 Å². The van der Waals surface area contributed by atoms with E-state index in [1.54, 1.807) is 18.3 Å². The van der Waals surface area contributed by atoms with Crippen LogP contribution < -0.4 is 11.3 Å². The summed E-state index contributed by atoms with van der Waals surface area (Å²) < 4.78 is 0. The first-order chi connectivity index (χ1) is 7.09. The van der Waals surface area contributed by atoms with E-state index in [2.05, 4.69) is 9.97 Å². The largest absolute Gasteiger partial charge is 0.383 e. The SMILES string of the molecule is Cc1cscc1-c1nc(N)c(C)c(=O)[nH]1. The van der Waals surface area contributed by atoms with Gasteiger partial charge in [-0.2, -0.15) is 11.3 Å². The van der Waals surface area contributed by atoms with Crippen LogP contribution in [0.1, 0.15) is 11.1 Å². The molecule has 0 saturated carbocycles. The van der Waals surface area contributed by atoms with Crippen molar-refractivity contribution in [2.45, 2.75) is 13.8 Å². The van der Waals surface area contributed by atoms with E-state index in [4.69, 9.17) is 5.73 Å². The molecule has 0 aliphatic rings.